The van der Waals surface area contributed by atoms with Crippen molar-refractivity contribution in [1.29, 1.82) is 0 Å². The zero-order chi connectivity index (χ0) is 11.8. The monoisotopic (exact) mass is 249 g/mol. The number of carbonyl (C=O) groups is 1. The lowest BCUT2D eigenvalue weighted by molar-refractivity contribution is -0.127. The first-order valence-electron chi connectivity index (χ1n) is 6.58. The highest BCUT2D eigenvalue weighted by Gasteiger charge is 2.43. The molecule has 1 aromatic rings. The zero-order valence-corrected chi connectivity index (χ0v) is 11.0. The summed E-state index contributed by atoms with van der Waals surface area (Å²) >= 11 is 1.72. The Morgan fingerprint density at radius 2 is 2.35 bits per heavy atom. The summed E-state index contributed by atoms with van der Waals surface area (Å²) in [4.78, 5) is 13.5. The number of amides is 1. The second-order valence-electron chi connectivity index (χ2n) is 5.53. The van der Waals surface area contributed by atoms with Crippen molar-refractivity contribution in [3.63, 3.8) is 0 Å². The minimum absolute atomic E-state index is 0.168. The van der Waals surface area contributed by atoms with Crippen LogP contribution in [0.2, 0.25) is 0 Å². The van der Waals surface area contributed by atoms with Crippen molar-refractivity contribution < 1.29 is 4.79 Å². The number of thiophene rings is 1. The number of nitrogens with one attached hydrogen (secondary N) is 1. The Morgan fingerprint density at radius 1 is 1.47 bits per heavy atom. The third-order valence-corrected chi connectivity index (χ3v) is 5.46. The first-order valence-corrected chi connectivity index (χ1v) is 7.46. The molecule has 4 atom stereocenters. The Bertz CT molecular complexity index is 400. The maximum atomic E-state index is 12.2. The van der Waals surface area contributed by atoms with Gasteiger partial charge in [-0.05, 0) is 49.5 Å². The highest BCUT2D eigenvalue weighted by Crippen LogP contribution is 2.48. The van der Waals surface area contributed by atoms with Gasteiger partial charge < -0.3 is 5.32 Å². The molecule has 2 aliphatic carbocycles. The second-order valence-corrected chi connectivity index (χ2v) is 6.51. The summed E-state index contributed by atoms with van der Waals surface area (Å²) in [5.41, 5.74) is 0. The van der Waals surface area contributed by atoms with E-state index < -0.39 is 0 Å². The van der Waals surface area contributed by atoms with Crippen LogP contribution >= 0.6 is 11.3 Å². The molecule has 2 nitrogen and oxygen atoms in total. The second kappa shape index (κ2) is 4.45. The van der Waals surface area contributed by atoms with Crippen LogP contribution < -0.4 is 5.32 Å². The maximum Gasteiger partial charge on any atom is 0.223 e. The van der Waals surface area contributed by atoms with E-state index in [1.165, 1.54) is 24.1 Å². The molecule has 1 N–H and O–H groups in total. The third-order valence-electron chi connectivity index (χ3n) is 4.40. The van der Waals surface area contributed by atoms with E-state index in [0.717, 1.165) is 12.3 Å². The quantitative estimate of drug-likeness (QED) is 0.874. The molecule has 17 heavy (non-hydrogen) atoms. The molecule has 0 radical (unpaired) electrons. The Balaban J connectivity index is 1.60. The average molecular weight is 249 g/mol. The molecule has 0 saturated heterocycles. The van der Waals surface area contributed by atoms with Crippen molar-refractivity contribution in [1.82, 2.24) is 5.32 Å². The maximum absolute atomic E-state index is 12.2. The fraction of sp³-hybridized carbons (Fsp3) is 0.643. The molecule has 3 heteroatoms. The molecule has 0 aromatic carbocycles. The lowest BCUT2D eigenvalue weighted by Crippen LogP contribution is -2.35. The van der Waals surface area contributed by atoms with Gasteiger partial charge in [0, 0.05) is 10.8 Å². The SMILES string of the molecule is CC(NC(=O)C1CC2CCC1C2)c1cccs1. The van der Waals surface area contributed by atoms with Gasteiger partial charge in [-0.3, -0.25) is 4.79 Å². The molecule has 1 aromatic heterocycles. The third kappa shape index (κ3) is 2.13. The van der Waals surface area contributed by atoms with Gasteiger partial charge in [-0.1, -0.05) is 12.5 Å². The van der Waals surface area contributed by atoms with Crippen LogP contribution in [0.25, 0.3) is 0 Å². The Kier molecular flexibility index (Phi) is 2.95. The lowest BCUT2D eigenvalue weighted by atomic mass is 9.88. The van der Waals surface area contributed by atoms with Gasteiger partial charge in [0.25, 0.3) is 0 Å². The van der Waals surface area contributed by atoms with E-state index in [1.807, 2.05) is 6.07 Å². The fourth-order valence-corrected chi connectivity index (χ4v) is 4.23. The van der Waals surface area contributed by atoms with Crippen LogP contribution in [0.1, 0.15) is 43.5 Å². The van der Waals surface area contributed by atoms with Gasteiger partial charge in [0.1, 0.15) is 0 Å². The summed E-state index contributed by atoms with van der Waals surface area (Å²) in [5, 5.41) is 5.25. The van der Waals surface area contributed by atoms with Crippen molar-refractivity contribution in [3.8, 4) is 0 Å². The predicted octanol–water partition coefficient (Wildman–Crippen LogP) is 3.36. The van der Waals surface area contributed by atoms with E-state index in [1.54, 1.807) is 11.3 Å². The minimum Gasteiger partial charge on any atom is -0.349 e. The smallest absolute Gasteiger partial charge is 0.223 e. The van der Waals surface area contributed by atoms with Crippen LogP contribution in [0.15, 0.2) is 17.5 Å². The van der Waals surface area contributed by atoms with Crippen LogP contribution in [0.3, 0.4) is 0 Å². The summed E-state index contributed by atoms with van der Waals surface area (Å²) in [7, 11) is 0. The highest BCUT2D eigenvalue weighted by molar-refractivity contribution is 7.10. The van der Waals surface area contributed by atoms with Crippen molar-refractivity contribution in [3.05, 3.63) is 22.4 Å². The number of rotatable bonds is 3. The van der Waals surface area contributed by atoms with Crippen molar-refractivity contribution in [2.75, 3.05) is 0 Å². The topological polar surface area (TPSA) is 29.1 Å². The van der Waals surface area contributed by atoms with E-state index in [-0.39, 0.29) is 11.9 Å². The molecular weight excluding hydrogens is 230 g/mol. The summed E-state index contributed by atoms with van der Waals surface area (Å²) in [6.07, 6.45) is 5.06. The minimum atomic E-state index is 0.168. The summed E-state index contributed by atoms with van der Waals surface area (Å²) < 4.78 is 0. The van der Waals surface area contributed by atoms with Crippen molar-refractivity contribution >= 4 is 17.2 Å². The van der Waals surface area contributed by atoms with Gasteiger partial charge in [0.05, 0.1) is 6.04 Å². The van der Waals surface area contributed by atoms with E-state index in [9.17, 15) is 4.79 Å². The van der Waals surface area contributed by atoms with Gasteiger partial charge in [-0.2, -0.15) is 0 Å². The standard InChI is InChI=1S/C14H19NOS/c1-9(13-3-2-6-17-13)15-14(16)12-8-10-4-5-11(12)7-10/h2-3,6,9-12H,4-5,7-8H2,1H3,(H,15,16). The molecule has 1 amide bonds. The normalized spacial score (nSPS) is 32.6. The van der Waals surface area contributed by atoms with Gasteiger partial charge in [-0.25, -0.2) is 0 Å². The lowest BCUT2D eigenvalue weighted by Gasteiger charge is -2.22. The molecule has 2 fully saturated rings. The Labute approximate surface area is 106 Å². The molecule has 4 unspecified atom stereocenters. The Hall–Kier alpha value is -0.830. The molecule has 2 aliphatic rings. The molecule has 2 bridgehead atoms. The largest absolute Gasteiger partial charge is 0.349 e. The average Bonchev–Trinajstić information content (AvgIpc) is 3.05. The van der Waals surface area contributed by atoms with Gasteiger partial charge in [0.15, 0.2) is 0 Å². The fourth-order valence-electron chi connectivity index (χ4n) is 3.50. The van der Waals surface area contributed by atoms with Crippen molar-refractivity contribution in [2.45, 2.75) is 38.6 Å². The van der Waals surface area contributed by atoms with Gasteiger partial charge in [-0.15, -0.1) is 11.3 Å². The molecule has 1 heterocycles. The van der Waals surface area contributed by atoms with Gasteiger partial charge in [0.2, 0.25) is 5.91 Å². The molecule has 0 spiro atoms. The van der Waals surface area contributed by atoms with Crippen LogP contribution in [-0.4, -0.2) is 5.91 Å². The number of hydrogen-bond donors (Lipinski definition) is 1. The molecule has 0 aliphatic heterocycles. The van der Waals surface area contributed by atoms with Crippen LogP contribution in [0, 0.1) is 17.8 Å². The van der Waals surface area contributed by atoms with Gasteiger partial charge >= 0.3 is 0 Å². The predicted molar refractivity (Wildman–Crippen MR) is 69.8 cm³/mol. The Morgan fingerprint density at radius 3 is 2.94 bits per heavy atom. The first-order chi connectivity index (χ1) is 8.24. The summed E-state index contributed by atoms with van der Waals surface area (Å²) in [5.74, 6) is 2.11. The summed E-state index contributed by atoms with van der Waals surface area (Å²) in [6, 6.07) is 4.30. The van der Waals surface area contributed by atoms with E-state index in [4.69, 9.17) is 0 Å². The van der Waals surface area contributed by atoms with Crippen molar-refractivity contribution in [2.24, 2.45) is 17.8 Å². The van der Waals surface area contributed by atoms with Crippen LogP contribution in [0.4, 0.5) is 0 Å². The van der Waals surface area contributed by atoms with E-state index in [2.05, 4.69) is 23.7 Å². The van der Waals surface area contributed by atoms with Crippen LogP contribution in [0.5, 0.6) is 0 Å². The molecule has 2 saturated carbocycles. The molecule has 3 rings (SSSR count). The molecular formula is C14H19NOS. The van der Waals surface area contributed by atoms with Crippen LogP contribution in [-0.2, 0) is 4.79 Å². The number of hydrogen-bond acceptors (Lipinski definition) is 2. The highest BCUT2D eigenvalue weighted by atomic mass is 32.1. The van der Waals surface area contributed by atoms with E-state index >= 15 is 0 Å². The zero-order valence-electron chi connectivity index (χ0n) is 10.2. The molecule has 92 valence electrons. The first kappa shape index (κ1) is 11.3. The number of fused-ring (bicyclic) bond motifs is 2. The van der Waals surface area contributed by atoms with E-state index in [0.29, 0.717) is 11.8 Å². The summed E-state index contributed by atoms with van der Waals surface area (Å²) in [6.45, 7) is 2.08. The number of carbonyl (C=O) groups excluding carboxylic acids is 1.